The highest BCUT2D eigenvalue weighted by Gasteiger charge is 2.24. The van der Waals surface area contributed by atoms with E-state index >= 15 is 0 Å². The molecule has 1 saturated heterocycles. The third-order valence-corrected chi connectivity index (χ3v) is 4.96. The van der Waals surface area contributed by atoms with E-state index in [1.807, 2.05) is 60.7 Å². The summed E-state index contributed by atoms with van der Waals surface area (Å²) in [7, 11) is 1.64. The molecular formula is C23H22ClN3O2. The number of rotatable bonds is 5. The van der Waals surface area contributed by atoms with E-state index in [0.29, 0.717) is 31.2 Å². The number of anilines is 1. The first-order valence-corrected chi connectivity index (χ1v) is 9.71. The average molecular weight is 408 g/mol. The lowest BCUT2D eigenvalue weighted by Crippen LogP contribution is -2.49. The molecule has 0 aliphatic carbocycles. The minimum Gasteiger partial charge on any atom is -0.497 e. The number of allylic oxidation sites excluding steroid dienone is 2. The number of nitriles is 1. The third kappa shape index (κ3) is 5.40. The fourth-order valence-corrected chi connectivity index (χ4v) is 3.40. The van der Waals surface area contributed by atoms with E-state index in [4.69, 9.17) is 16.3 Å². The lowest BCUT2D eigenvalue weighted by atomic mass is 10.1. The van der Waals surface area contributed by atoms with E-state index in [2.05, 4.69) is 4.90 Å². The minimum atomic E-state index is -0.290. The van der Waals surface area contributed by atoms with Gasteiger partial charge in [-0.2, -0.15) is 5.26 Å². The Labute approximate surface area is 176 Å². The number of carbonyl (C=O) groups is 1. The molecule has 6 heteroatoms. The van der Waals surface area contributed by atoms with Gasteiger partial charge in [0, 0.05) is 36.9 Å². The highest BCUT2D eigenvalue weighted by Crippen LogP contribution is 2.21. The number of piperazine rings is 1. The van der Waals surface area contributed by atoms with Gasteiger partial charge in [-0.05, 0) is 42.0 Å². The van der Waals surface area contributed by atoms with Crippen molar-refractivity contribution in [1.29, 1.82) is 5.26 Å². The molecule has 0 atom stereocenters. The van der Waals surface area contributed by atoms with Crippen molar-refractivity contribution < 1.29 is 9.53 Å². The zero-order valence-electron chi connectivity index (χ0n) is 16.2. The number of hydrogen-bond acceptors (Lipinski definition) is 4. The Morgan fingerprint density at radius 3 is 2.31 bits per heavy atom. The molecule has 3 rings (SSSR count). The second-order valence-corrected chi connectivity index (χ2v) is 7.02. The first-order valence-electron chi connectivity index (χ1n) is 9.33. The molecule has 2 aromatic rings. The van der Waals surface area contributed by atoms with Crippen molar-refractivity contribution in [2.45, 2.75) is 0 Å². The molecule has 0 N–H and O–H groups in total. The van der Waals surface area contributed by atoms with Crippen LogP contribution in [0.25, 0.3) is 6.08 Å². The number of nitrogens with zero attached hydrogens (tertiary/aromatic N) is 3. The number of halogens is 1. The molecule has 148 valence electrons. The number of carbonyl (C=O) groups excluding carboxylic acids is 1. The summed E-state index contributed by atoms with van der Waals surface area (Å²) >= 11 is 6.24. The average Bonchev–Trinajstić information content (AvgIpc) is 2.78. The molecule has 0 saturated carbocycles. The molecule has 1 aliphatic heterocycles. The van der Waals surface area contributed by atoms with E-state index in [-0.39, 0.29) is 11.5 Å². The van der Waals surface area contributed by atoms with Crippen LogP contribution in [0, 0.1) is 11.3 Å². The van der Waals surface area contributed by atoms with Gasteiger partial charge in [0.1, 0.15) is 17.4 Å². The van der Waals surface area contributed by atoms with Crippen LogP contribution in [-0.2, 0) is 4.79 Å². The van der Waals surface area contributed by atoms with Gasteiger partial charge in [-0.3, -0.25) is 4.79 Å². The largest absolute Gasteiger partial charge is 0.497 e. The standard InChI is InChI=1S/C23H22ClN3O2/c1-29-22-9-7-21(8-10-22)26-11-13-27(14-12-26)23(28)19(17-25)16-20(24)15-18-5-3-2-4-6-18/h2-10,15-16H,11-14H2,1H3/b19-16+,20-15-. The van der Waals surface area contributed by atoms with Gasteiger partial charge in [0.2, 0.25) is 0 Å². The summed E-state index contributed by atoms with van der Waals surface area (Å²) < 4.78 is 5.19. The molecule has 0 aromatic heterocycles. The maximum Gasteiger partial charge on any atom is 0.264 e. The number of benzene rings is 2. The van der Waals surface area contributed by atoms with E-state index < -0.39 is 0 Å². The summed E-state index contributed by atoms with van der Waals surface area (Å²) in [5.41, 5.74) is 2.04. The van der Waals surface area contributed by atoms with E-state index in [0.717, 1.165) is 17.0 Å². The van der Waals surface area contributed by atoms with Gasteiger partial charge >= 0.3 is 0 Å². The zero-order valence-corrected chi connectivity index (χ0v) is 17.0. The molecule has 2 aromatic carbocycles. The Morgan fingerprint density at radius 2 is 1.72 bits per heavy atom. The minimum absolute atomic E-state index is 0.0417. The Balaban J connectivity index is 1.63. The quantitative estimate of drug-likeness (QED) is 0.426. The van der Waals surface area contributed by atoms with Gasteiger partial charge in [0.25, 0.3) is 5.91 Å². The number of hydrogen-bond donors (Lipinski definition) is 0. The maximum absolute atomic E-state index is 12.8. The molecule has 0 unspecified atom stereocenters. The van der Waals surface area contributed by atoms with Gasteiger partial charge < -0.3 is 14.5 Å². The van der Waals surface area contributed by atoms with Crippen LogP contribution in [0.5, 0.6) is 5.75 Å². The van der Waals surface area contributed by atoms with Crippen LogP contribution in [0.2, 0.25) is 0 Å². The van der Waals surface area contributed by atoms with Crippen molar-refractivity contribution >= 4 is 29.3 Å². The van der Waals surface area contributed by atoms with Crippen molar-refractivity contribution in [2.75, 3.05) is 38.2 Å². The predicted molar refractivity (Wildman–Crippen MR) is 116 cm³/mol. The first kappa shape index (κ1) is 20.5. The normalized spacial score (nSPS) is 15.1. The van der Waals surface area contributed by atoms with Crippen molar-refractivity contribution in [1.82, 2.24) is 4.90 Å². The lowest BCUT2D eigenvalue weighted by Gasteiger charge is -2.36. The second kappa shape index (κ2) is 9.81. The summed E-state index contributed by atoms with van der Waals surface area (Å²) in [6, 6.07) is 19.4. The Morgan fingerprint density at radius 1 is 1.07 bits per heavy atom. The van der Waals surface area contributed by atoms with Gasteiger partial charge in [0.05, 0.1) is 7.11 Å². The molecule has 0 spiro atoms. The van der Waals surface area contributed by atoms with Crippen LogP contribution in [0.3, 0.4) is 0 Å². The summed E-state index contributed by atoms with van der Waals surface area (Å²) in [6.45, 7) is 2.49. The van der Waals surface area contributed by atoms with Gasteiger partial charge in [-0.1, -0.05) is 41.9 Å². The fraction of sp³-hybridized carbons (Fsp3) is 0.217. The van der Waals surface area contributed by atoms with Crippen molar-refractivity contribution in [2.24, 2.45) is 0 Å². The van der Waals surface area contributed by atoms with Gasteiger partial charge in [-0.15, -0.1) is 0 Å². The molecular weight excluding hydrogens is 386 g/mol. The molecule has 0 radical (unpaired) electrons. The smallest absolute Gasteiger partial charge is 0.264 e. The summed E-state index contributed by atoms with van der Waals surface area (Å²) in [5, 5.41) is 9.79. The first-order chi connectivity index (χ1) is 14.1. The van der Waals surface area contributed by atoms with E-state index in [1.165, 1.54) is 6.08 Å². The molecule has 1 fully saturated rings. The summed E-state index contributed by atoms with van der Waals surface area (Å²) in [5.74, 6) is 0.522. The Hall–Kier alpha value is -3.23. The molecule has 29 heavy (non-hydrogen) atoms. The van der Waals surface area contributed by atoms with Gasteiger partial charge in [-0.25, -0.2) is 0 Å². The highest BCUT2D eigenvalue weighted by molar-refractivity contribution is 6.33. The van der Waals surface area contributed by atoms with E-state index in [1.54, 1.807) is 18.1 Å². The maximum atomic E-state index is 12.8. The van der Waals surface area contributed by atoms with E-state index in [9.17, 15) is 10.1 Å². The number of amides is 1. The van der Waals surface area contributed by atoms with Crippen LogP contribution in [-0.4, -0.2) is 44.1 Å². The number of ether oxygens (including phenoxy) is 1. The van der Waals surface area contributed by atoms with Crippen LogP contribution in [0.1, 0.15) is 5.56 Å². The van der Waals surface area contributed by atoms with Crippen LogP contribution in [0.15, 0.2) is 71.3 Å². The monoisotopic (exact) mass is 407 g/mol. The second-order valence-electron chi connectivity index (χ2n) is 6.59. The van der Waals surface area contributed by atoms with Crippen LogP contribution < -0.4 is 9.64 Å². The van der Waals surface area contributed by atoms with Gasteiger partial charge in [0.15, 0.2) is 0 Å². The highest BCUT2D eigenvalue weighted by atomic mass is 35.5. The Bertz CT molecular complexity index is 938. The number of methoxy groups -OCH3 is 1. The van der Waals surface area contributed by atoms with Crippen molar-refractivity contribution in [3.05, 3.63) is 76.8 Å². The van der Waals surface area contributed by atoms with Crippen molar-refractivity contribution in [3.8, 4) is 11.8 Å². The lowest BCUT2D eigenvalue weighted by molar-refractivity contribution is -0.127. The van der Waals surface area contributed by atoms with Crippen LogP contribution >= 0.6 is 11.6 Å². The molecule has 1 heterocycles. The molecule has 1 amide bonds. The summed E-state index contributed by atoms with van der Waals surface area (Å²) in [4.78, 5) is 16.7. The van der Waals surface area contributed by atoms with Crippen molar-refractivity contribution in [3.63, 3.8) is 0 Å². The molecule has 0 bridgehead atoms. The Kier molecular flexibility index (Phi) is 6.94. The topological polar surface area (TPSA) is 56.6 Å². The summed E-state index contributed by atoms with van der Waals surface area (Å²) in [6.07, 6.45) is 3.17. The molecule has 1 aliphatic rings. The SMILES string of the molecule is COc1ccc(N2CCN(C(=O)/C(C#N)=C/C(Cl)=C/c3ccccc3)CC2)cc1. The predicted octanol–water partition coefficient (Wildman–Crippen LogP) is 4.07. The molecule has 5 nitrogen and oxygen atoms in total. The zero-order chi connectivity index (χ0) is 20.6. The van der Waals surface area contributed by atoms with Crippen LogP contribution in [0.4, 0.5) is 5.69 Å². The third-order valence-electron chi connectivity index (χ3n) is 4.74. The fourth-order valence-electron chi connectivity index (χ4n) is 3.16.